The molecule has 0 aliphatic rings. The van der Waals surface area contributed by atoms with Crippen molar-refractivity contribution >= 4 is 28.7 Å². The zero-order valence-corrected chi connectivity index (χ0v) is 11.4. The van der Waals surface area contributed by atoms with Gasteiger partial charge >= 0.3 is 5.97 Å². The summed E-state index contributed by atoms with van der Waals surface area (Å²) >= 11 is 0. The molecule has 1 aromatic heterocycles. The molecular weight excluding hydrogens is 278 g/mol. The molecule has 0 atom stereocenters. The van der Waals surface area contributed by atoms with Gasteiger partial charge in [-0.25, -0.2) is 9.78 Å². The summed E-state index contributed by atoms with van der Waals surface area (Å²) in [5.74, 6) is -0.487. The van der Waals surface area contributed by atoms with Gasteiger partial charge in [0.05, 0.1) is 22.2 Å². The van der Waals surface area contributed by atoms with Crippen molar-refractivity contribution in [1.82, 2.24) is 9.97 Å². The molecule has 2 N–H and O–H groups in total. The Labute approximate surface area is 126 Å². The van der Waals surface area contributed by atoms with Crippen LogP contribution in [0.1, 0.15) is 21.7 Å². The van der Waals surface area contributed by atoms with Crippen molar-refractivity contribution in [2.45, 2.75) is 0 Å². The molecule has 0 fully saturated rings. The van der Waals surface area contributed by atoms with Gasteiger partial charge in [0.25, 0.3) is 0 Å². The van der Waals surface area contributed by atoms with E-state index in [-0.39, 0.29) is 5.56 Å². The lowest BCUT2D eigenvalue weighted by Gasteiger charge is -1.97. The average molecular weight is 289 g/mol. The number of H-pyrrole nitrogens is 1. The van der Waals surface area contributed by atoms with Gasteiger partial charge in [-0.2, -0.15) is 5.26 Å². The molecule has 0 aliphatic carbocycles. The number of nitrogens with one attached hydrogen (secondary N) is 1. The minimum atomic E-state index is -0.978. The van der Waals surface area contributed by atoms with Crippen LogP contribution >= 0.6 is 0 Å². The molecule has 0 saturated carbocycles. The van der Waals surface area contributed by atoms with Gasteiger partial charge in [-0.15, -0.1) is 0 Å². The van der Waals surface area contributed by atoms with Crippen LogP contribution in [-0.2, 0) is 0 Å². The van der Waals surface area contributed by atoms with Gasteiger partial charge in [0, 0.05) is 0 Å². The summed E-state index contributed by atoms with van der Waals surface area (Å²) in [6.07, 6.45) is 1.67. The molecule has 1 heterocycles. The normalized spacial score (nSPS) is 11.3. The number of fused-ring (bicyclic) bond motifs is 1. The number of aromatic carboxylic acids is 1. The third-order valence-electron chi connectivity index (χ3n) is 3.23. The second kappa shape index (κ2) is 5.54. The van der Waals surface area contributed by atoms with E-state index in [9.17, 15) is 10.1 Å². The number of hydrogen-bond acceptors (Lipinski definition) is 3. The topological polar surface area (TPSA) is 89.8 Å². The molecule has 22 heavy (non-hydrogen) atoms. The van der Waals surface area contributed by atoms with Crippen LogP contribution in [0, 0.1) is 11.3 Å². The summed E-state index contributed by atoms with van der Waals surface area (Å²) in [5, 5.41) is 18.2. The molecule has 0 bridgehead atoms. The Morgan fingerprint density at radius 3 is 2.55 bits per heavy atom. The maximum Gasteiger partial charge on any atom is 0.335 e. The van der Waals surface area contributed by atoms with Crippen LogP contribution in [0.3, 0.4) is 0 Å². The SMILES string of the molecule is N#C/C(=C\c1ccc(C(=O)O)cc1)c1nc2ccccc2[nH]1. The number of benzene rings is 2. The maximum atomic E-state index is 10.8. The molecule has 3 rings (SSSR count). The van der Waals surface area contributed by atoms with Gasteiger partial charge in [-0.05, 0) is 35.9 Å². The number of nitrogens with zero attached hydrogens (tertiary/aromatic N) is 2. The first-order valence-electron chi connectivity index (χ1n) is 6.57. The first kappa shape index (κ1) is 13.6. The predicted molar refractivity (Wildman–Crippen MR) is 83.0 cm³/mol. The number of aromatic nitrogens is 2. The minimum Gasteiger partial charge on any atom is -0.478 e. The fraction of sp³-hybridized carbons (Fsp3) is 0. The zero-order valence-electron chi connectivity index (χ0n) is 11.4. The number of hydrogen-bond donors (Lipinski definition) is 2. The van der Waals surface area contributed by atoms with Crippen LogP contribution in [0.5, 0.6) is 0 Å². The largest absolute Gasteiger partial charge is 0.478 e. The Balaban J connectivity index is 1.99. The van der Waals surface area contributed by atoms with E-state index < -0.39 is 5.97 Å². The molecule has 106 valence electrons. The van der Waals surface area contributed by atoms with Gasteiger partial charge in [0.2, 0.25) is 0 Å². The van der Waals surface area contributed by atoms with Gasteiger partial charge < -0.3 is 10.1 Å². The Morgan fingerprint density at radius 2 is 1.91 bits per heavy atom. The summed E-state index contributed by atoms with van der Waals surface area (Å²) in [6.45, 7) is 0. The van der Waals surface area contributed by atoms with E-state index in [0.717, 1.165) is 16.6 Å². The number of allylic oxidation sites excluding steroid dienone is 1. The van der Waals surface area contributed by atoms with E-state index in [1.807, 2.05) is 24.3 Å². The lowest BCUT2D eigenvalue weighted by molar-refractivity contribution is 0.0697. The van der Waals surface area contributed by atoms with Crippen LogP contribution in [0.15, 0.2) is 48.5 Å². The number of nitriles is 1. The van der Waals surface area contributed by atoms with E-state index in [1.165, 1.54) is 12.1 Å². The molecule has 5 heteroatoms. The second-order valence-corrected chi connectivity index (χ2v) is 4.70. The number of aromatic amines is 1. The van der Waals surface area contributed by atoms with E-state index in [1.54, 1.807) is 18.2 Å². The third-order valence-corrected chi connectivity index (χ3v) is 3.23. The molecule has 0 unspecified atom stereocenters. The van der Waals surface area contributed by atoms with E-state index in [2.05, 4.69) is 16.0 Å². The molecule has 3 aromatic rings. The standard InChI is InChI=1S/C17H11N3O2/c18-10-13(9-11-5-7-12(8-6-11)17(21)22)16-19-14-3-1-2-4-15(14)20-16/h1-9H,(H,19,20)(H,21,22)/b13-9+. The lowest BCUT2D eigenvalue weighted by atomic mass is 10.1. The monoisotopic (exact) mass is 289 g/mol. The molecule has 5 nitrogen and oxygen atoms in total. The van der Waals surface area contributed by atoms with Gasteiger partial charge in [-0.1, -0.05) is 24.3 Å². The summed E-state index contributed by atoms with van der Waals surface area (Å²) in [6, 6.07) is 16.0. The van der Waals surface area contributed by atoms with Crippen molar-refractivity contribution in [3.8, 4) is 6.07 Å². The van der Waals surface area contributed by atoms with Crippen LogP contribution < -0.4 is 0 Å². The third kappa shape index (κ3) is 2.58. The Bertz CT molecular complexity index is 882. The Morgan fingerprint density at radius 1 is 1.18 bits per heavy atom. The highest BCUT2D eigenvalue weighted by atomic mass is 16.4. The molecule has 2 aromatic carbocycles. The van der Waals surface area contributed by atoms with Crippen molar-refractivity contribution in [1.29, 1.82) is 5.26 Å². The summed E-state index contributed by atoms with van der Waals surface area (Å²) in [4.78, 5) is 18.3. The number of carboxylic acids is 1. The first-order valence-corrected chi connectivity index (χ1v) is 6.57. The van der Waals surface area contributed by atoms with Crippen molar-refractivity contribution in [2.75, 3.05) is 0 Å². The van der Waals surface area contributed by atoms with E-state index in [4.69, 9.17) is 5.11 Å². The number of para-hydroxylation sites is 2. The second-order valence-electron chi connectivity index (χ2n) is 4.70. The van der Waals surface area contributed by atoms with Crippen LogP contribution in [-0.4, -0.2) is 21.0 Å². The highest BCUT2D eigenvalue weighted by Gasteiger charge is 2.08. The molecule has 0 spiro atoms. The molecular formula is C17H11N3O2. The van der Waals surface area contributed by atoms with E-state index >= 15 is 0 Å². The lowest BCUT2D eigenvalue weighted by Crippen LogP contribution is -1.95. The molecule has 0 saturated heterocycles. The van der Waals surface area contributed by atoms with Gasteiger partial charge in [0.1, 0.15) is 11.9 Å². The Kier molecular flexibility index (Phi) is 3.42. The summed E-state index contributed by atoms with van der Waals surface area (Å²) < 4.78 is 0. The Hall–Kier alpha value is -3.39. The van der Waals surface area contributed by atoms with Crippen LogP contribution in [0.2, 0.25) is 0 Å². The predicted octanol–water partition coefficient (Wildman–Crippen LogP) is 3.33. The summed E-state index contributed by atoms with van der Waals surface area (Å²) in [7, 11) is 0. The molecule has 0 aliphatic heterocycles. The van der Waals surface area contributed by atoms with Crippen molar-refractivity contribution in [2.24, 2.45) is 0 Å². The first-order chi connectivity index (χ1) is 10.7. The van der Waals surface area contributed by atoms with Crippen molar-refractivity contribution < 1.29 is 9.90 Å². The van der Waals surface area contributed by atoms with Crippen LogP contribution in [0.25, 0.3) is 22.7 Å². The smallest absolute Gasteiger partial charge is 0.335 e. The highest BCUT2D eigenvalue weighted by Crippen LogP contribution is 2.19. The average Bonchev–Trinajstić information content (AvgIpc) is 2.96. The molecule has 0 amide bonds. The number of imidazole rings is 1. The van der Waals surface area contributed by atoms with Gasteiger partial charge in [-0.3, -0.25) is 0 Å². The van der Waals surface area contributed by atoms with Crippen molar-refractivity contribution in [3.05, 3.63) is 65.5 Å². The number of carboxylic acid groups (broad SMARTS) is 1. The fourth-order valence-corrected chi connectivity index (χ4v) is 2.12. The number of rotatable bonds is 3. The van der Waals surface area contributed by atoms with E-state index in [0.29, 0.717) is 11.4 Å². The maximum absolute atomic E-state index is 10.8. The minimum absolute atomic E-state index is 0.208. The molecule has 0 radical (unpaired) electrons. The van der Waals surface area contributed by atoms with Crippen molar-refractivity contribution in [3.63, 3.8) is 0 Å². The summed E-state index contributed by atoms with van der Waals surface area (Å²) in [5.41, 5.74) is 2.99. The quantitative estimate of drug-likeness (QED) is 0.724. The zero-order chi connectivity index (χ0) is 15.5. The highest BCUT2D eigenvalue weighted by molar-refractivity contribution is 5.91. The number of carbonyl (C=O) groups is 1. The van der Waals surface area contributed by atoms with Crippen LogP contribution in [0.4, 0.5) is 0 Å². The fourth-order valence-electron chi connectivity index (χ4n) is 2.12. The van der Waals surface area contributed by atoms with Gasteiger partial charge in [0.15, 0.2) is 0 Å².